The predicted molar refractivity (Wildman–Crippen MR) is 104 cm³/mol. The maximum Gasteiger partial charge on any atom is 0.228 e. The van der Waals surface area contributed by atoms with Gasteiger partial charge in [0.2, 0.25) is 11.8 Å². The standard InChI is InChI=1S/C21H28N2O4/c1-26-15-8-9-19(27-2)18(12-15)23-21(25)17-13-16(17)20(24)22-11-10-14-6-4-3-5-7-14/h6,8-9,12,16-17H,3-5,7,10-11,13H2,1-2H3,(H,22,24)(H,23,25). The van der Waals surface area contributed by atoms with Crippen LogP contribution in [0.5, 0.6) is 11.5 Å². The van der Waals surface area contributed by atoms with E-state index in [9.17, 15) is 9.59 Å². The summed E-state index contributed by atoms with van der Waals surface area (Å²) in [6, 6.07) is 5.22. The second-order valence-corrected chi connectivity index (χ2v) is 7.15. The molecule has 3 rings (SSSR count). The Balaban J connectivity index is 1.47. The van der Waals surface area contributed by atoms with Crippen molar-refractivity contribution in [3.05, 3.63) is 29.8 Å². The number of anilines is 1. The van der Waals surface area contributed by atoms with Gasteiger partial charge in [0.05, 0.1) is 31.7 Å². The number of rotatable bonds is 8. The lowest BCUT2D eigenvalue weighted by atomic mass is 9.97. The molecule has 2 aliphatic rings. The van der Waals surface area contributed by atoms with Crippen molar-refractivity contribution in [1.29, 1.82) is 0 Å². The molecule has 6 nitrogen and oxygen atoms in total. The molecule has 2 unspecified atom stereocenters. The second kappa shape index (κ2) is 8.93. The molecular weight excluding hydrogens is 344 g/mol. The molecule has 27 heavy (non-hydrogen) atoms. The molecule has 2 aliphatic carbocycles. The van der Waals surface area contributed by atoms with Gasteiger partial charge in [0.25, 0.3) is 0 Å². The second-order valence-electron chi connectivity index (χ2n) is 7.15. The van der Waals surface area contributed by atoms with Gasteiger partial charge < -0.3 is 20.1 Å². The van der Waals surface area contributed by atoms with Gasteiger partial charge in [-0.3, -0.25) is 9.59 Å². The van der Waals surface area contributed by atoms with Crippen LogP contribution in [0.2, 0.25) is 0 Å². The van der Waals surface area contributed by atoms with Crippen LogP contribution in [0.25, 0.3) is 0 Å². The number of ether oxygens (including phenoxy) is 2. The fraction of sp³-hybridized carbons (Fsp3) is 0.524. The normalized spacial score (nSPS) is 21.0. The molecule has 2 amide bonds. The van der Waals surface area contributed by atoms with Gasteiger partial charge in [-0.15, -0.1) is 0 Å². The van der Waals surface area contributed by atoms with Gasteiger partial charge in [0.15, 0.2) is 0 Å². The number of methoxy groups -OCH3 is 2. The molecule has 2 atom stereocenters. The van der Waals surface area contributed by atoms with E-state index in [0.29, 0.717) is 30.2 Å². The summed E-state index contributed by atoms with van der Waals surface area (Å²) in [5, 5.41) is 5.83. The SMILES string of the molecule is COc1ccc(OC)c(NC(=O)C2CC2C(=O)NCCC2=CCCCC2)c1. The lowest BCUT2D eigenvalue weighted by molar-refractivity contribution is -0.125. The first kappa shape index (κ1) is 19.3. The van der Waals surface area contributed by atoms with Crippen LogP contribution in [-0.4, -0.2) is 32.6 Å². The summed E-state index contributed by atoms with van der Waals surface area (Å²) in [6.07, 6.45) is 8.62. The minimum atomic E-state index is -0.283. The summed E-state index contributed by atoms with van der Waals surface area (Å²) in [5.41, 5.74) is 1.99. The molecule has 1 aromatic carbocycles. The molecule has 1 saturated carbocycles. The largest absolute Gasteiger partial charge is 0.497 e. The molecule has 0 heterocycles. The van der Waals surface area contributed by atoms with Crippen molar-refractivity contribution < 1.29 is 19.1 Å². The topological polar surface area (TPSA) is 76.7 Å². The maximum atomic E-state index is 12.5. The minimum Gasteiger partial charge on any atom is -0.497 e. The first-order valence-corrected chi connectivity index (χ1v) is 9.61. The van der Waals surface area contributed by atoms with Crippen molar-refractivity contribution in [3.63, 3.8) is 0 Å². The van der Waals surface area contributed by atoms with Crippen LogP contribution in [0, 0.1) is 11.8 Å². The zero-order chi connectivity index (χ0) is 19.2. The Labute approximate surface area is 160 Å². The van der Waals surface area contributed by atoms with E-state index in [-0.39, 0.29) is 23.7 Å². The zero-order valence-corrected chi connectivity index (χ0v) is 16.0. The third-order valence-electron chi connectivity index (χ3n) is 5.26. The van der Waals surface area contributed by atoms with Crippen LogP contribution < -0.4 is 20.1 Å². The molecule has 0 bridgehead atoms. The van der Waals surface area contributed by atoms with Crippen LogP contribution >= 0.6 is 0 Å². The molecule has 0 spiro atoms. The number of amides is 2. The van der Waals surface area contributed by atoms with Crippen molar-refractivity contribution in [2.24, 2.45) is 11.8 Å². The van der Waals surface area contributed by atoms with E-state index in [4.69, 9.17) is 9.47 Å². The summed E-state index contributed by atoms with van der Waals surface area (Å²) in [7, 11) is 3.12. The predicted octanol–water partition coefficient (Wildman–Crippen LogP) is 3.29. The van der Waals surface area contributed by atoms with Gasteiger partial charge in [-0.05, 0) is 50.7 Å². The summed E-state index contributed by atoms with van der Waals surface area (Å²) < 4.78 is 10.5. The van der Waals surface area contributed by atoms with Crippen molar-refractivity contribution in [2.45, 2.75) is 38.5 Å². The van der Waals surface area contributed by atoms with E-state index in [1.54, 1.807) is 32.4 Å². The highest BCUT2D eigenvalue weighted by atomic mass is 16.5. The Morgan fingerprint density at radius 1 is 1.11 bits per heavy atom. The number of hydrogen-bond acceptors (Lipinski definition) is 4. The van der Waals surface area contributed by atoms with Gasteiger partial charge in [-0.2, -0.15) is 0 Å². The molecular formula is C21H28N2O4. The van der Waals surface area contributed by atoms with Crippen LogP contribution in [0.15, 0.2) is 29.8 Å². The number of carbonyl (C=O) groups excluding carboxylic acids is 2. The van der Waals surface area contributed by atoms with E-state index in [0.717, 1.165) is 19.3 Å². The van der Waals surface area contributed by atoms with E-state index < -0.39 is 0 Å². The molecule has 6 heteroatoms. The molecule has 1 fully saturated rings. The van der Waals surface area contributed by atoms with Crippen molar-refractivity contribution in [3.8, 4) is 11.5 Å². The summed E-state index contributed by atoms with van der Waals surface area (Å²) in [5.74, 6) is 0.498. The highest BCUT2D eigenvalue weighted by Crippen LogP contribution is 2.40. The average molecular weight is 372 g/mol. The molecule has 2 N–H and O–H groups in total. The Bertz CT molecular complexity index is 729. The summed E-state index contributed by atoms with van der Waals surface area (Å²) in [4.78, 5) is 24.8. The molecule has 1 aromatic rings. The average Bonchev–Trinajstić information content (AvgIpc) is 3.50. The van der Waals surface area contributed by atoms with Gasteiger partial charge in [-0.1, -0.05) is 11.6 Å². The number of nitrogens with one attached hydrogen (secondary N) is 2. The Kier molecular flexibility index (Phi) is 6.37. The molecule has 0 aromatic heterocycles. The van der Waals surface area contributed by atoms with Crippen LogP contribution in [-0.2, 0) is 9.59 Å². The number of carbonyl (C=O) groups is 2. The first-order chi connectivity index (χ1) is 13.1. The van der Waals surface area contributed by atoms with Gasteiger partial charge in [-0.25, -0.2) is 0 Å². The van der Waals surface area contributed by atoms with E-state index in [1.807, 2.05) is 0 Å². The Morgan fingerprint density at radius 3 is 2.63 bits per heavy atom. The lowest BCUT2D eigenvalue weighted by Gasteiger charge is -2.13. The van der Waals surface area contributed by atoms with Crippen LogP contribution in [0.1, 0.15) is 38.5 Å². The first-order valence-electron chi connectivity index (χ1n) is 9.61. The highest BCUT2D eigenvalue weighted by Gasteiger charge is 2.48. The fourth-order valence-corrected chi connectivity index (χ4v) is 3.52. The third-order valence-corrected chi connectivity index (χ3v) is 5.26. The van der Waals surface area contributed by atoms with E-state index >= 15 is 0 Å². The zero-order valence-electron chi connectivity index (χ0n) is 16.0. The van der Waals surface area contributed by atoms with Gasteiger partial charge in [0.1, 0.15) is 11.5 Å². The number of benzene rings is 1. The lowest BCUT2D eigenvalue weighted by Crippen LogP contribution is -2.28. The summed E-state index contributed by atoms with van der Waals surface area (Å²) >= 11 is 0. The van der Waals surface area contributed by atoms with Crippen molar-refractivity contribution >= 4 is 17.5 Å². The molecule has 0 saturated heterocycles. The molecule has 0 radical (unpaired) electrons. The van der Waals surface area contributed by atoms with Crippen molar-refractivity contribution in [1.82, 2.24) is 5.32 Å². The van der Waals surface area contributed by atoms with E-state index in [1.165, 1.54) is 18.4 Å². The maximum absolute atomic E-state index is 12.5. The van der Waals surface area contributed by atoms with Crippen LogP contribution in [0.3, 0.4) is 0 Å². The van der Waals surface area contributed by atoms with E-state index in [2.05, 4.69) is 16.7 Å². The number of allylic oxidation sites excluding steroid dienone is 1. The van der Waals surface area contributed by atoms with Crippen LogP contribution in [0.4, 0.5) is 5.69 Å². The van der Waals surface area contributed by atoms with Crippen molar-refractivity contribution in [2.75, 3.05) is 26.1 Å². The van der Waals surface area contributed by atoms with Gasteiger partial charge in [0, 0.05) is 12.6 Å². The monoisotopic (exact) mass is 372 g/mol. The third kappa shape index (κ3) is 5.02. The Hall–Kier alpha value is -2.50. The van der Waals surface area contributed by atoms with Gasteiger partial charge >= 0.3 is 0 Å². The smallest absolute Gasteiger partial charge is 0.228 e. The fourth-order valence-electron chi connectivity index (χ4n) is 3.52. The Morgan fingerprint density at radius 2 is 1.93 bits per heavy atom. The summed E-state index contributed by atoms with van der Waals surface area (Å²) in [6.45, 7) is 0.652. The minimum absolute atomic E-state index is 0.0239. The quantitative estimate of drug-likeness (QED) is 0.687. The highest BCUT2D eigenvalue weighted by molar-refractivity contribution is 6.00. The number of hydrogen-bond donors (Lipinski definition) is 2. The molecule has 0 aliphatic heterocycles. The molecule has 146 valence electrons.